The van der Waals surface area contributed by atoms with Gasteiger partial charge in [0.15, 0.2) is 23.1 Å². The first-order valence-electron chi connectivity index (χ1n) is 9.50. The quantitative estimate of drug-likeness (QED) is 0.662. The molecule has 2 unspecified atom stereocenters. The highest BCUT2D eigenvalue weighted by Crippen LogP contribution is 2.28. The largest absolute Gasteiger partial charge is 0.381 e. The molecule has 1 saturated heterocycles. The fraction of sp³-hybridized carbons (Fsp3) is 0.400. The molecule has 0 radical (unpaired) electrons. The van der Waals surface area contributed by atoms with Crippen molar-refractivity contribution >= 4 is 22.9 Å². The fourth-order valence-electron chi connectivity index (χ4n) is 3.81. The van der Waals surface area contributed by atoms with Crippen molar-refractivity contribution in [3.63, 3.8) is 0 Å². The molecule has 3 aromatic rings. The molecule has 1 aliphatic rings. The third kappa shape index (κ3) is 3.68. The monoisotopic (exact) mass is 380 g/mol. The predicted octanol–water partition coefficient (Wildman–Crippen LogP) is 1.00. The van der Waals surface area contributed by atoms with Crippen molar-refractivity contribution in [1.29, 1.82) is 0 Å². The second kappa shape index (κ2) is 7.93. The summed E-state index contributed by atoms with van der Waals surface area (Å²) in [6.45, 7) is 1.95. The Labute approximate surface area is 163 Å². The summed E-state index contributed by atoms with van der Waals surface area (Å²) in [6, 6.07) is 10.5. The maximum absolute atomic E-state index is 11.6. The zero-order valence-electron chi connectivity index (χ0n) is 15.8. The number of anilines is 1. The minimum absolute atomic E-state index is 0.100. The number of aliphatic hydroxyl groups excluding tert-OH is 1. The van der Waals surface area contributed by atoms with Crippen LogP contribution in [0.1, 0.15) is 12.0 Å². The number of aliphatic hydroxyl groups is 1. The van der Waals surface area contributed by atoms with E-state index in [1.165, 1.54) is 18.9 Å². The van der Waals surface area contributed by atoms with Crippen LogP contribution in [-0.4, -0.2) is 56.8 Å². The van der Waals surface area contributed by atoms with Gasteiger partial charge in [0.1, 0.15) is 6.33 Å². The summed E-state index contributed by atoms with van der Waals surface area (Å²) in [6.07, 6.45) is 4.14. The van der Waals surface area contributed by atoms with Crippen molar-refractivity contribution < 1.29 is 9.90 Å². The number of aromatic nitrogens is 4. The summed E-state index contributed by atoms with van der Waals surface area (Å²) < 4.78 is 1.69. The van der Waals surface area contributed by atoms with Crippen LogP contribution in [0.3, 0.4) is 0 Å². The van der Waals surface area contributed by atoms with Crippen LogP contribution in [0.2, 0.25) is 0 Å². The number of nitrogens with zero attached hydrogens (tertiary/aromatic N) is 5. The molecule has 2 N–H and O–H groups in total. The van der Waals surface area contributed by atoms with Gasteiger partial charge < -0.3 is 19.9 Å². The van der Waals surface area contributed by atoms with Gasteiger partial charge in [-0.05, 0) is 24.3 Å². The number of rotatable bonds is 6. The van der Waals surface area contributed by atoms with Gasteiger partial charge in [0.25, 0.3) is 0 Å². The summed E-state index contributed by atoms with van der Waals surface area (Å²) >= 11 is 0. The molecule has 2 atom stereocenters. The molecular weight excluding hydrogens is 356 g/mol. The molecular formula is C20H24N6O2. The smallest absolute Gasteiger partial charge is 0.250 e. The molecule has 0 saturated carbocycles. The van der Waals surface area contributed by atoms with Crippen LogP contribution in [-0.2, 0) is 17.8 Å². The lowest BCUT2D eigenvalue weighted by molar-refractivity contribution is -0.129. The molecule has 4 rings (SSSR count). The summed E-state index contributed by atoms with van der Waals surface area (Å²) in [4.78, 5) is 27.1. The maximum atomic E-state index is 11.6. The standard InChI is InChI=1S/C20H24N6O2/c1-21-20(28)16(27)11-26-13-24-17-18(22-12-23-19(17)26)25-8-7-15(10-25)9-14-5-3-2-4-6-14/h2-6,12-13,15-16,27H,7-11H2,1H3,(H,21,28). The van der Waals surface area contributed by atoms with Crippen molar-refractivity contribution in [2.24, 2.45) is 5.92 Å². The summed E-state index contributed by atoms with van der Waals surface area (Å²) in [5.41, 5.74) is 2.68. The molecule has 1 fully saturated rings. The zero-order chi connectivity index (χ0) is 19.5. The third-order valence-corrected chi connectivity index (χ3v) is 5.25. The Kier molecular flexibility index (Phi) is 5.21. The SMILES string of the molecule is CNC(=O)C(O)Cn1cnc2c(N3CCC(Cc4ccccc4)C3)ncnc21. The van der Waals surface area contributed by atoms with Gasteiger partial charge in [0, 0.05) is 20.1 Å². The summed E-state index contributed by atoms with van der Waals surface area (Å²) in [5.74, 6) is 0.956. The fourth-order valence-corrected chi connectivity index (χ4v) is 3.81. The summed E-state index contributed by atoms with van der Waals surface area (Å²) in [7, 11) is 1.50. The lowest BCUT2D eigenvalue weighted by atomic mass is 9.99. The second-order valence-corrected chi connectivity index (χ2v) is 7.19. The number of nitrogens with one attached hydrogen (secondary N) is 1. The van der Waals surface area contributed by atoms with Crippen molar-refractivity contribution in [2.45, 2.75) is 25.5 Å². The van der Waals surface area contributed by atoms with Crippen molar-refractivity contribution in [3.05, 3.63) is 48.5 Å². The van der Waals surface area contributed by atoms with E-state index >= 15 is 0 Å². The van der Waals surface area contributed by atoms with E-state index in [1.807, 2.05) is 6.07 Å². The minimum atomic E-state index is -1.15. The number of imidazole rings is 1. The molecule has 28 heavy (non-hydrogen) atoms. The molecule has 3 heterocycles. The van der Waals surface area contributed by atoms with Gasteiger partial charge in [-0.1, -0.05) is 30.3 Å². The van der Waals surface area contributed by atoms with E-state index in [4.69, 9.17) is 0 Å². The van der Waals surface area contributed by atoms with Crippen LogP contribution in [0.4, 0.5) is 5.82 Å². The highest BCUT2D eigenvalue weighted by molar-refractivity contribution is 5.84. The molecule has 8 nitrogen and oxygen atoms in total. The van der Waals surface area contributed by atoms with Gasteiger partial charge in [0.05, 0.1) is 12.9 Å². The van der Waals surface area contributed by atoms with E-state index < -0.39 is 12.0 Å². The first-order valence-corrected chi connectivity index (χ1v) is 9.50. The topological polar surface area (TPSA) is 96.2 Å². The van der Waals surface area contributed by atoms with Crippen molar-refractivity contribution in [3.8, 4) is 0 Å². The molecule has 1 aliphatic heterocycles. The molecule has 0 bridgehead atoms. The molecule has 1 aromatic carbocycles. The molecule has 1 amide bonds. The number of carbonyl (C=O) groups excluding carboxylic acids is 1. The number of carbonyl (C=O) groups is 1. The second-order valence-electron chi connectivity index (χ2n) is 7.19. The lowest BCUT2D eigenvalue weighted by Gasteiger charge is -2.18. The Hall–Kier alpha value is -3.00. The zero-order valence-corrected chi connectivity index (χ0v) is 15.8. The van der Waals surface area contributed by atoms with Gasteiger partial charge in [-0.25, -0.2) is 15.0 Å². The average molecular weight is 380 g/mol. The van der Waals surface area contributed by atoms with Gasteiger partial charge in [-0.3, -0.25) is 4.79 Å². The average Bonchev–Trinajstić information content (AvgIpc) is 3.35. The number of likely N-dealkylation sites (N-methyl/N-ethyl adjacent to an activating group) is 1. The summed E-state index contributed by atoms with van der Waals surface area (Å²) in [5, 5.41) is 12.4. The van der Waals surface area contributed by atoms with Crippen LogP contribution in [0.25, 0.3) is 11.2 Å². The molecule has 146 valence electrons. The lowest BCUT2D eigenvalue weighted by Crippen LogP contribution is -2.34. The Morgan fingerprint density at radius 2 is 2.11 bits per heavy atom. The van der Waals surface area contributed by atoms with Crippen LogP contribution < -0.4 is 10.2 Å². The molecule has 8 heteroatoms. The van der Waals surface area contributed by atoms with E-state index in [9.17, 15) is 9.90 Å². The first kappa shape index (κ1) is 18.4. The van der Waals surface area contributed by atoms with Gasteiger partial charge in [0.2, 0.25) is 5.91 Å². The normalized spacial score (nSPS) is 17.8. The van der Waals surface area contributed by atoms with E-state index in [0.717, 1.165) is 31.7 Å². The number of amides is 1. The highest BCUT2D eigenvalue weighted by atomic mass is 16.3. The van der Waals surface area contributed by atoms with Crippen LogP contribution >= 0.6 is 0 Å². The van der Waals surface area contributed by atoms with E-state index in [1.54, 1.807) is 10.9 Å². The van der Waals surface area contributed by atoms with E-state index in [0.29, 0.717) is 17.1 Å². The molecule has 0 aliphatic carbocycles. The van der Waals surface area contributed by atoms with Gasteiger partial charge >= 0.3 is 0 Å². The highest BCUT2D eigenvalue weighted by Gasteiger charge is 2.26. The van der Waals surface area contributed by atoms with Crippen LogP contribution in [0.5, 0.6) is 0 Å². The van der Waals surface area contributed by atoms with Crippen LogP contribution in [0, 0.1) is 5.92 Å². The van der Waals surface area contributed by atoms with Crippen molar-refractivity contribution in [2.75, 3.05) is 25.0 Å². The molecule has 0 spiro atoms. The third-order valence-electron chi connectivity index (χ3n) is 5.25. The Balaban J connectivity index is 1.51. The van der Waals surface area contributed by atoms with E-state index in [-0.39, 0.29) is 6.54 Å². The van der Waals surface area contributed by atoms with E-state index in [2.05, 4.69) is 49.4 Å². The van der Waals surface area contributed by atoms with Gasteiger partial charge in [-0.15, -0.1) is 0 Å². The minimum Gasteiger partial charge on any atom is -0.381 e. The number of hydrogen-bond acceptors (Lipinski definition) is 6. The number of fused-ring (bicyclic) bond motifs is 1. The molecule has 2 aromatic heterocycles. The Morgan fingerprint density at radius 3 is 2.89 bits per heavy atom. The van der Waals surface area contributed by atoms with Gasteiger partial charge in [-0.2, -0.15) is 0 Å². The predicted molar refractivity (Wildman–Crippen MR) is 106 cm³/mol. The van der Waals surface area contributed by atoms with Crippen LogP contribution in [0.15, 0.2) is 43.0 Å². The Bertz CT molecular complexity index is 958. The first-order chi connectivity index (χ1) is 13.7. The number of benzene rings is 1. The van der Waals surface area contributed by atoms with Crippen molar-refractivity contribution in [1.82, 2.24) is 24.8 Å². The maximum Gasteiger partial charge on any atom is 0.250 e. The number of hydrogen-bond donors (Lipinski definition) is 2. The Morgan fingerprint density at radius 1 is 1.29 bits per heavy atom.